The lowest BCUT2D eigenvalue weighted by atomic mass is 10.1. The van der Waals surface area contributed by atoms with Gasteiger partial charge in [-0.1, -0.05) is 0 Å². The number of aryl methyl sites for hydroxylation is 1. The first-order valence-electron chi connectivity index (χ1n) is 7.93. The molecule has 0 spiro atoms. The first-order valence-corrected chi connectivity index (χ1v) is 7.93. The monoisotopic (exact) mass is 307 g/mol. The maximum absolute atomic E-state index is 5.88. The van der Waals surface area contributed by atoms with Crippen LogP contribution in [0, 0.1) is 0 Å². The lowest BCUT2D eigenvalue weighted by molar-refractivity contribution is -0.00827. The summed E-state index contributed by atoms with van der Waals surface area (Å²) in [5, 5.41) is 7.66. The van der Waals surface area contributed by atoms with E-state index < -0.39 is 0 Å². The molecule has 0 amide bonds. The lowest BCUT2D eigenvalue weighted by Crippen LogP contribution is -2.49. The molecule has 1 aromatic heterocycles. The number of ether oxygens (including phenoxy) is 2. The number of nitrogens with one attached hydrogen (secondary N) is 1. The van der Waals surface area contributed by atoms with Gasteiger partial charge in [0.1, 0.15) is 6.10 Å². The highest BCUT2D eigenvalue weighted by Crippen LogP contribution is 2.21. The third kappa shape index (κ3) is 3.59. The minimum absolute atomic E-state index is 0.0451. The van der Waals surface area contributed by atoms with Crippen LogP contribution >= 0.6 is 0 Å². The fraction of sp³-hybridized carbons (Fsp3) is 0.733. The molecule has 2 aliphatic rings. The Morgan fingerprint density at radius 1 is 1.45 bits per heavy atom. The molecular formula is C15H25N5O2. The number of guanidine groups is 1. The number of hydrogen-bond acceptors (Lipinski definition) is 4. The van der Waals surface area contributed by atoms with Gasteiger partial charge in [0.15, 0.2) is 5.96 Å². The van der Waals surface area contributed by atoms with Crippen LogP contribution in [0.5, 0.6) is 0 Å². The van der Waals surface area contributed by atoms with E-state index in [1.54, 1.807) is 0 Å². The zero-order valence-electron chi connectivity index (χ0n) is 13.4. The summed E-state index contributed by atoms with van der Waals surface area (Å²) in [7, 11) is 3.75. The molecule has 2 aliphatic heterocycles. The molecule has 0 radical (unpaired) electrons. The van der Waals surface area contributed by atoms with Gasteiger partial charge < -0.3 is 19.7 Å². The van der Waals surface area contributed by atoms with Crippen molar-refractivity contribution in [2.24, 2.45) is 12.0 Å². The van der Waals surface area contributed by atoms with Crippen molar-refractivity contribution in [1.29, 1.82) is 0 Å². The van der Waals surface area contributed by atoms with Crippen molar-refractivity contribution in [3.05, 3.63) is 18.0 Å². The van der Waals surface area contributed by atoms with E-state index in [2.05, 4.69) is 20.3 Å². The molecule has 22 heavy (non-hydrogen) atoms. The summed E-state index contributed by atoms with van der Waals surface area (Å²) in [6, 6.07) is 0. The zero-order chi connectivity index (χ0) is 15.4. The Kier molecular flexibility index (Phi) is 4.94. The van der Waals surface area contributed by atoms with Crippen molar-refractivity contribution in [1.82, 2.24) is 20.0 Å². The molecule has 2 atom stereocenters. The third-order valence-corrected chi connectivity index (χ3v) is 4.19. The van der Waals surface area contributed by atoms with Crippen molar-refractivity contribution in [2.75, 3.05) is 39.9 Å². The van der Waals surface area contributed by atoms with E-state index in [1.807, 2.05) is 31.2 Å². The van der Waals surface area contributed by atoms with Gasteiger partial charge in [0.25, 0.3) is 0 Å². The number of nitrogens with zero attached hydrogens (tertiary/aromatic N) is 4. The van der Waals surface area contributed by atoms with Crippen LogP contribution in [-0.2, 0) is 16.5 Å². The Balaban J connectivity index is 1.57. The SMILES string of the molecule is CN=C(NCC1CCCO1)N1CCOC(c2cnn(C)c2)C1. The standard InChI is InChI=1S/C15H25N5O2/c1-16-15(17-9-13-4-3-6-21-13)20-5-7-22-14(11-20)12-8-18-19(2)10-12/h8,10,13-14H,3-7,9,11H2,1-2H3,(H,16,17). The topological polar surface area (TPSA) is 63.9 Å². The quantitative estimate of drug-likeness (QED) is 0.652. The maximum atomic E-state index is 5.88. The van der Waals surface area contributed by atoms with Crippen LogP contribution in [0.1, 0.15) is 24.5 Å². The third-order valence-electron chi connectivity index (χ3n) is 4.19. The van der Waals surface area contributed by atoms with Crippen LogP contribution in [0.4, 0.5) is 0 Å². The Morgan fingerprint density at radius 2 is 2.36 bits per heavy atom. The molecule has 2 fully saturated rings. The van der Waals surface area contributed by atoms with Crippen molar-refractivity contribution < 1.29 is 9.47 Å². The number of hydrogen-bond donors (Lipinski definition) is 1. The number of rotatable bonds is 3. The van der Waals surface area contributed by atoms with Crippen LogP contribution in [-0.4, -0.2) is 66.6 Å². The number of aliphatic imine (C=N–C) groups is 1. The Labute approximate surface area is 131 Å². The summed E-state index contributed by atoms with van der Waals surface area (Å²) < 4.78 is 13.3. The van der Waals surface area contributed by atoms with Crippen LogP contribution in [0.2, 0.25) is 0 Å². The summed E-state index contributed by atoms with van der Waals surface area (Å²) >= 11 is 0. The fourth-order valence-corrected chi connectivity index (χ4v) is 2.99. The van der Waals surface area contributed by atoms with Crippen LogP contribution in [0.3, 0.4) is 0 Å². The second-order valence-corrected chi connectivity index (χ2v) is 5.82. The Bertz CT molecular complexity index is 510. The smallest absolute Gasteiger partial charge is 0.193 e. The fourth-order valence-electron chi connectivity index (χ4n) is 2.99. The number of aromatic nitrogens is 2. The van der Waals surface area contributed by atoms with Gasteiger partial charge in [-0.15, -0.1) is 0 Å². The molecule has 3 heterocycles. The zero-order valence-corrected chi connectivity index (χ0v) is 13.4. The van der Waals surface area contributed by atoms with Crippen molar-refractivity contribution in [2.45, 2.75) is 25.0 Å². The summed E-state index contributed by atoms with van der Waals surface area (Å²) in [6.07, 6.45) is 6.53. The van der Waals surface area contributed by atoms with Gasteiger partial charge in [-0.05, 0) is 12.8 Å². The van der Waals surface area contributed by atoms with E-state index in [9.17, 15) is 0 Å². The summed E-state index contributed by atoms with van der Waals surface area (Å²) in [5.41, 5.74) is 1.11. The second kappa shape index (κ2) is 7.11. The minimum atomic E-state index is 0.0451. The predicted molar refractivity (Wildman–Crippen MR) is 83.8 cm³/mol. The molecule has 2 unspecified atom stereocenters. The van der Waals surface area contributed by atoms with Crippen molar-refractivity contribution >= 4 is 5.96 Å². The van der Waals surface area contributed by atoms with E-state index in [1.165, 1.54) is 0 Å². The van der Waals surface area contributed by atoms with Crippen LogP contribution in [0.25, 0.3) is 0 Å². The van der Waals surface area contributed by atoms with Gasteiger partial charge in [-0.3, -0.25) is 9.67 Å². The van der Waals surface area contributed by atoms with Gasteiger partial charge >= 0.3 is 0 Å². The summed E-state index contributed by atoms with van der Waals surface area (Å²) in [5.74, 6) is 0.924. The Morgan fingerprint density at radius 3 is 3.05 bits per heavy atom. The average Bonchev–Trinajstić information content (AvgIpc) is 3.20. The van der Waals surface area contributed by atoms with Crippen LogP contribution in [0.15, 0.2) is 17.4 Å². The normalized spacial score (nSPS) is 26.5. The highest BCUT2D eigenvalue weighted by molar-refractivity contribution is 5.80. The molecule has 7 nitrogen and oxygen atoms in total. The van der Waals surface area contributed by atoms with Crippen molar-refractivity contribution in [3.63, 3.8) is 0 Å². The maximum Gasteiger partial charge on any atom is 0.193 e. The second-order valence-electron chi connectivity index (χ2n) is 5.82. The van der Waals surface area contributed by atoms with Gasteiger partial charge in [-0.25, -0.2) is 0 Å². The molecule has 2 saturated heterocycles. The van der Waals surface area contributed by atoms with E-state index in [0.717, 1.165) is 50.6 Å². The average molecular weight is 307 g/mol. The minimum Gasteiger partial charge on any atom is -0.376 e. The highest BCUT2D eigenvalue weighted by Gasteiger charge is 2.25. The summed E-state index contributed by atoms with van der Waals surface area (Å²) in [6.45, 7) is 4.03. The molecule has 0 bridgehead atoms. The van der Waals surface area contributed by atoms with E-state index >= 15 is 0 Å². The molecular weight excluding hydrogens is 282 g/mol. The largest absolute Gasteiger partial charge is 0.376 e. The highest BCUT2D eigenvalue weighted by atomic mass is 16.5. The molecule has 0 saturated carbocycles. The van der Waals surface area contributed by atoms with Crippen molar-refractivity contribution in [3.8, 4) is 0 Å². The van der Waals surface area contributed by atoms with Gasteiger partial charge in [0, 0.05) is 45.6 Å². The molecule has 3 rings (SSSR count). The van der Waals surface area contributed by atoms with Gasteiger partial charge in [0.2, 0.25) is 0 Å². The molecule has 122 valence electrons. The first-order chi connectivity index (χ1) is 10.8. The van der Waals surface area contributed by atoms with Gasteiger partial charge in [0.05, 0.1) is 25.5 Å². The summed E-state index contributed by atoms with van der Waals surface area (Å²) in [4.78, 5) is 6.65. The lowest BCUT2D eigenvalue weighted by Gasteiger charge is -2.35. The van der Waals surface area contributed by atoms with Gasteiger partial charge in [-0.2, -0.15) is 5.10 Å². The molecule has 0 aromatic carbocycles. The molecule has 1 N–H and O–H groups in total. The predicted octanol–water partition coefficient (Wildman–Crippen LogP) is 0.548. The van der Waals surface area contributed by atoms with E-state index in [-0.39, 0.29) is 6.10 Å². The molecule has 0 aliphatic carbocycles. The molecule has 1 aromatic rings. The van der Waals surface area contributed by atoms with Crippen LogP contribution < -0.4 is 5.32 Å². The number of morpholine rings is 1. The van der Waals surface area contributed by atoms with E-state index in [0.29, 0.717) is 12.7 Å². The van der Waals surface area contributed by atoms with E-state index in [4.69, 9.17) is 9.47 Å². The Hall–Kier alpha value is -1.60. The first kappa shape index (κ1) is 15.3. The molecule has 7 heteroatoms.